The van der Waals surface area contributed by atoms with E-state index >= 15 is 0 Å². The third kappa shape index (κ3) is 3.44. The first-order valence-corrected chi connectivity index (χ1v) is 8.66. The minimum absolute atomic E-state index is 0.362. The van der Waals surface area contributed by atoms with Gasteiger partial charge in [-0.3, -0.25) is 4.79 Å². The Balaban J connectivity index is 1.50. The van der Waals surface area contributed by atoms with E-state index in [1.54, 1.807) is 38.6 Å². The van der Waals surface area contributed by atoms with E-state index in [0.29, 0.717) is 41.9 Å². The van der Waals surface area contributed by atoms with Gasteiger partial charge in [-0.05, 0) is 29.8 Å². The lowest BCUT2D eigenvalue weighted by atomic mass is 10.2. The van der Waals surface area contributed by atoms with Crippen molar-refractivity contribution in [2.45, 2.75) is 0 Å². The fourth-order valence-corrected chi connectivity index (χ4v) is 2.95. The summed E-state index contributed by atoms with van der Waals surface area (Å²) in [5.74, 6) is 2.25. The van der Waals surface area contributed by atoms with Crippen molar-refractivity contribution in [2.24, 2.45) is 5.10 Å². The minimum Gasteiger partial charge on any atom is -0.497 e. The molecule has 1 aliphatic heterocycles. The predicted molar refractivity (Wildman–Crippen MR) is 104 cm³/mol. The number of hydrogen-bond donors (Lipinski definition) is 2. The largest absolute Gasteiger partial charge is 0.497 e. The number of methoxy groups -OCH3 is 2. The van der Waals surface area contributed by atoms with Gasteiger partial charge in [-0.2, -0.15) is 5.10 Å². The summed E-state index contributed by atoms with van der Waals surface area (Å²) in [6, 6.07) is 10.7. The van der Waals surface area contributed by atoms with Crippen molar-refractivity contribution in [3.63, 3.8) is 0 Å². The zero-order valence-electron chi connectivity index (χ0n) is 15.4. The summed E-state index contributed by atoms with van der Waals surface area (Å²) in [5.41, 5.74) is 4.39. The Kier molecular flexibility index (Phi) is 4.76. The fourth-order valence-electron chi connectivity index (χ4n) is 2.95. The molecule has 0 saturated heterocycles. The van der Waals surface area contributed by atoms with Gasteiger partial charge in [0.05, 0.1) is 26.0 Å². The van der Waals surface area contributed by atoms with Crippen LogP contribution in [0.4, 0.5) is 0 Å². The Morgan fingerprint density at radius 1 is 1.11 bits per heavy atom. The zero-order valence-corrected chi connectivity index (χ0v) is 15.4. The standard InChI is InChI=1S/C20H19N3O5/c1-25-13-8-15-14(18(9-13)26-2)10-16(22-15)20(24)23-21-11-12-3-4-17-19(7-12)28-6-5-27-17/h3-4,7-11,22H,5-6H2,1-2H3,(H,23,24)/b21-11-. The fraction of sp³-hybridized carbons (Fsp3) is 0.200. The maximum Gasteiger partial charge on any atom is 0.287 e. The maximum absolute atomic E-state index is 12.4. The monoisotopic (exact) mass is 381 g/mol. The molecule has 0 spiro atoms. The van der Waals surface area contributed by atoms with E-state index in [1.165, 1.54) is 0 Å². The van der Waals surface area contributed by atoms with E-state index in [2.05, 4.69) is 15.5 Å². The number of carbonyl (C=O) groups is 1. The number of aromatic nitrogens is 1. The molecule has 4 rings (SSSR count). The van der Waals surface area contributed by atoms with Crippen molar-refractivity contribution < 1.29 is 23.7 Å². The van der Waals surface area contributed by atoms with Crippen LogP contribution in [0, 0.1) is 0 Å². The van der Waals surface area contributed by atoms with Crippen molar-refractivity contribution in [1.29, 1.82) is 0 Å². The number of hydrazone groups is 1. The molecule has 144 valence electrons. The maximum atomic E-state index is 12.4. The molecule has 28 heavy (non-hydrogen) atoms. The van der Waals surface area contributed by atoms with Gasteiger partial charge >= 0.3 is 0 Å². The van der Waals surface area contributed by atoms with Crippen molar-refractivity contribution in [3.8, 4) is 23.0 Å². The molecule has 0 aliphatic carbocycles. The molecule has 8 heteroatoms. The number of H-pyrrole nitrogens is 1. The van der Waals surface area contributed by atoms with Crippen molar-refractivity contribution in [3.05, 3.63) is 47.7 Å². The molecule has 0 atom stereocenters. The summed E-state index contributed by atoms with van der Waals surface area (Å²) in [6.45, 7) is 1.05. The molecule has 2 N–H and O–H groups in total. The van der Waals surface area contributed by atoms with E-state index in [9.17, 15) is 4.79 Å². The number of nitrogens with one attached hydrogen (secondary N) is 2. The Morgan fingerprint density at radius 3 is 2.71 bits per heavy atom. The Labute approximate surface area is 161 Å². The normalized spacial score (nSPS) is 12.9. The van der Waals surface area contributed by atoms with Crippen LogP contribution in [0.2, 0.25) is 0 Å². The SMILES string of the molecule is COc1cc(OC)c2cc(C(=O)N/N=C\c3ccc4c(c3)OCCO4)[nH]c2c1. The number of fused-ring (bicyclic) bond motifs is 2. The Bertz CT molecular complexity index is 1060. The molecule has 2 heterocycles. The van der Waals surface area contributed by atoms with Crippen molar-refractivity contribution in [1.82, 2.24) is 10.4 Å². The molecule has 8 nitrogen and oxygen atoms in total. The highest BCUT2D eigenvalue weighted by atomic mass is 16.6. The minimum atomic E-state index is -0.369. The molecule has 0 saturated carbocycles. The molecule has 1 aromatic heterocycles. The summed E-state index contributed by atoms with van der Waals surface area (Å²) in [7, 11) is 3.14. The Hall–Kier alpha value is -3.68. The van der Waals surface area contributed by atoms with Crippen LogP contribution in [-0.2, 0) is 0 Å². The highest BCUT2D eigenvalue weighted by molar-refractivity contribution is 6.00. The first-order valence-electron chi connectivity index (χ1n) is 8.66. The van der Waals surface area contributed by atoms with Gasteiger partial charge in [0, 0.05) is 17.5 Å². The molecule has 0 fully saturated rings. The highest BCUT2D eigenvalue weighted by Gasteiger charge is 2.14. The van der Waals surface area contributed by atoms with Crippen LogP contribution in [0.5, 0.6) is 23.0 Å². The number of amides is 1. The molecule has 2 aromatic carbocycles. The van der Waals surface area contributed by atoms with Gasteiger partial charge in [-0.15, -0.1) is 0 Å². The first kappa shape index (κ1) is 17.7. The van der Waals surface area contributed by atoms with Crippen LogP contribution >= 0.6 is 0 Å². The number of hydrogen-bond acceptors (Lipinski definition) is 6. The zero-order chi connectivity index (χ0) is 19.5. The van der Waals surface area contributed by atoms with E-state index in [4.69, 9.17) is 18.9 Å². The average Bonchev–Trinajstić information content (AvgIpc) is 3.17. The summed E-state index contributed by atoms with van der Waals surface area (Å²) in [5, 5.41) is 4.80. The number of nitrogens with zero attached hydrogens (tertiary/aromatic N) is 1. The van der Waals surface area contributed by atoms with Crippen LogP contribution in [-0.4, -0.2) is 44.5 Å². The molecule has 3 aromatic rings. The smallest absolute Gasteiger partial charge is 0.287 e. The van der Waals surface area contributed by atoms with Gasteiger partial charge in [0.2, 0.25) is 0 Å². The quantitative estimate of drug-likeness (QED) is 0.524. The first-order chi connectivity index (χ1) is 13.7. The third-order valence-corrected chi connectivity index (χ3v) is 4.32. The molecule has 0 bridgehead atoms. The van der Waals surface area contributed by atoms with E-state index in [0.717, 1.165) is 16.5 Å². The van der Waals surface area contributed by atoms with Gasteiger partial charge in [0.25, 0.3) is 5.91 Å². The summed E-state index contributed by atoms with van der Waals surface area (Å²) in [4.78, 5) is 15.5. The highest BCUT2D eigenvalue weighted by Crippen LogP contribution is 2.32. The second-order valence-corrected chi connectivity index (χ2v) is 6.08. The summed E-state index contributed by atoms with van der Waals surface area (Å²) >= 11 is 0. The lowest BCUT2D eigenvalue weighted by Gasteiger charge is -2.18. The van der Waals surface area contributed by atoms with Gasteiger partial charge in [0.15, 0.2) is 11.5 Å². The van der Waals surface area contributed by atoms with Crippen LogP contribution in [0.25, 0.3) is 10.9 Å². The van der Waals surface area contributed by atoms with Gasteiger partial charge in [-0.25, -0.2) is 5.43 Å². The van der Waals surface area contributed by atoms with Crippen LogP contribution in [0.15, 0.2) is 41.5 Å². The van der Waals surface area contributed by atoms with Crippen molar-refractivity contribution >= 4 is 23.0 Å². The number of benzene rings is 2. The molecule has 1 amide bonds. The number of aromatic amines is 1. The van der Waals surface area contributed by atoms with E-state index in [1.807, 2.05) is 18.2 Å². The molecule has 0 radical (unpaired) electrons. The van der Waals surface area contributed by atoms with Crippen LogP contribution < -0.4 is 24.4 Å². The summed E-state index contributed by atoms with van der Waals surface area (Å²) in [6.07, 6.45) is 1.54. The van der Waals surface area contributed by atoms with Crippen LogP contribution in [0.1, 0.15) is 16.1 Å². The molecular weight excluding hydrogens is 362 g/mol. The average molecular weight is 381 g/mol. The van der Waals surface area contributed by atoms with Gasteiger partial charge in [-0.1, -0.05) is 0 Å². The number of carbonyl (C=O) groups excluding carboxylic acids is 1. The lowest BCUT2D eigenvalue weighted by molar-refractivity contribution is 0.0951. The number of rotatable bonds is 5. The second-order valence-electron chi connectivity index (χ2n) is 6.08. The van der Waals surface area contributed by atoms with Crippen molar-refractivity contribution in [2.75, 3.05) is 27.4 Å². The molecule has 1 aliphatic rings. The number of ether oxygens (including phenoxy) is 4. The van der Waals surface area contributed by atoms with Crippen LogP contribution in [0.3, 0.4) is 0 Å². The Morgan fingerprint density at radius 2 is 1.93 bits per heavy atom. The predicted octanol–water partition coefficient (Wildman–Crippen LogP) is 2.72. The lowest BCUT2D eigenvalue weighted by Crippen LogP contribution is -2.18. The second kappa shape index (κ2) is 7.51. The molecular formula is C20H19N3O5. The third-order valence-electron chi connectivity index (χ3n) is 4.32. The van der Waals surface area contributed by atoms with E-state index < -0.39 is 0 Å². The summed E-state index contributed by atoms with van der Waals surface area (Å²) < 4.78 is 21.6. The van der Waals surface area contributed by atoms with Gasteiger partial charge < -0.3 is 23.9 Å². The van der Waals surface area contributed by atoms with E-state index in [-0.39, 0.29) is 5.91 Å². The van der Waals surface area contributed by atoms with Gasteiger partial charge in [0.1, 0.15) is 30.4 Å². The topological polar surface area (TPSA) is 94.2 Å². The molecule has 0 unspecified atom stereocenters.